The first kappa shape index (κ1) is 24.4. The second-order valence-corrected chi connectivity index (χ2v) is 8.57. The minimum Gasteiger partial charge on any atom is -0.466 e. The van der Waals surface area contributed by atoms with Crippen molar-refractivity contribution in [3.8, 4) is 0 Å². The van der Waals surface area contributed by atoms with E-state index in [2.05, 4.69) is 0 Å². The number of benzene rings is 1. The maximum Gasteiger partial charge on any atom is 0.309 e. The van der Waals surface area contributed by atoms with Gasteiger partial charge in [-0.15, -0.1) is 0 Å². The van der Waals surface area contributed by atoms with Gasteiger partial charge in [-0.2, -0.15) is 0 Å². The molecule has 0 aromatic heterocycles. The maximum absolute atomic E-state index is 12.6. The maximum atomic E-state index is 12.6. The van der Waals surface area contributed by atoms with E-state index in [9.17, 15) is 24.0 Å². The van der Waals surface area contributed by atoms with Gasteiger partial charge in [-0.25, -0.2) is 0 Å². The minimum absolute atomic E-state index is 0.0464. The third kappa shape index (κ3) is 5.58. The number of fused-ring (bicyclic) bond motifs is 1. The van der Waals surface area contributed by atoms with E-state index in [1.807, 2.05) is 6.92 Å². The molecule has 1 aromatic rings. The molecule has 0 N–H and O–H groups in total. The molecule has 0 bridgehead atoms. The highest BCUT2D eigenvalue weighted by Crippen LogP contribution is 2.24. The summed E-state index contributed by atoms with van der Waals surface area (Å²) in [5.41, 5.74) is 1.70. The van der Waals surface area contributed by atoms with Crippen molar-refractivity contribution in [2.45, 2.75) is 39.5 Å². The lowest BCUT2D eigenvalue weighted by Gasteiger charge is -2.32. The fourth-order valence-electron chi connectivity index (χ4n) is 4.20. The van der Waals surface area contributed by atoms with Crippen molar-refractivity contribution in [3.05, 3.63) is 34.9 Å². The summed E-state index contributed by atoms with van der Waals surface area (Å²) in [4.78, 5) is 66.1. The summed E-state index contributed by atoms with van der Waals surface area (Å²) in [5, 5.41) is 0. The molecule has 2 aliphatic heterocycles. The smallest absolute Gasteiger partial charge is 0.309 e. The first-order valence-corrected chi connectivity index (χ1v) is 11.4. The number of aryl methyl sites for hydroxylation is 1. The number of carbonyl (C=O) groups excluding carboxylic acids is 5. The quantitative estimate of drug-likeness (QED) is 0.434. The standard InChI is InChI=1S/C24H31N3O6/c1-4-33-24(32)17-9-12-26(13-10-17)21(29)15-25(3)20(28)6-5-11-27-22(30)18-8-7-16(2)14-19(18)23(27)31/h7-8,14,17H,4-6,9-13,15H2,1-3H3. The highest BCUT2D eigenvalue weighted by atomic mass is 16.5. The van der Waals surface area contributed by atoms with Gasteiger partial charge in [0.2, 0.25) is 11.8 Å². The van der Waals surface area contributed by atoms with Crippen LogP contribution in [0.4, 0.5) is 0 Å². The molecule has 0 radical (unpaired) electrons. The number of carbonyl (C=O) groups is 5. The topological polar surface area (TPSA) is 104 Å². The van der Waals surface area contributed by atoms with Crippen LogP contribution < -0.4 is 0 Å². The SMILES string of the molecule is CCOC(=O)C1CCN(C(=O)CN(C)C(=O)CCCN2C(=O)c3ccc(C)cc3C2=O)CC1. The molecule has 2 heterocycles. The number of ether oxygens (including phenoxy) is 1. The number of likely N-dealkylation sites (N-methyl/N-ethyl adjacent to an activating group) is 1. The predicted molar refractivity (Wildman–Crippen MR) is 119 cm³/mol. The van der Waals surface area contributed by atoms with Gasteiger partial charge in [0.25, 0.3) is 11.8 Å². The number of hydrogen-bond donors (Lipinski definition) is 0. The zero-order valence-corrected chi connectivity index (χ0v) is 19.5. The number of rotatable bonds is 8. The highest BCUT2D eigenvalue weighted by Gasteiger charge is 2.35. The molecule has 33 heavy (non-hydrogen) atoms. The zero-order chi connectivity index (χ0) is 24.1. The molecule has 1 aromatic carbocycles. The Hall–Kier alpha value is -3.23. The zero-order valence-electron chi connectivity index (χ0n) is 19.5. The van der Waals surface area contributed by atoms with Gasteiger partial charge in [0.15, 0.2) is 0 Å². The predicted octanol–water partition coefficient (Wildman–Crippen LogP) is 1.63. The number of likely N-dealkylation sites (tertiary alicyclic amines) is 1. The lowest BCUT2D eigenvalue weighted by Crippen LogP contribution is -2.45. The summed E-state index contributed by atoms with van der Waals surface area (Å²) in [6, 6.07) is 5.16. The van der Waals surface area contributed by atoms with Crippen LogP contribution in [-0.2, 0) is 19.1 Å². The van der Waals surface area contributed by atoms with Gasteiger partial charge in [-0.3, -0.25) is 28.9 Å². The molecule has 0 unspecified atom stereocenters. The number of hydrogen-bond acceptors (Lipinski definition) is 6. The first-order chi connectivity index (χ1) is 15.7. The molecule has 0 aliphatic carbocycles. The normalized spacial score (nSPS) is 16.1. The number of amides is 4. The fraction of sp³-hybridized carbons (Fsp3) is 0.542. The second-order valence-electron chi connectivity index (χ2n) is 8.57. The van der Waals surface area contributed by atoms with Gasteiger partial charge >= 0.3 is 5.97 Å². The molecule has 1 saturated heterocycles. The average molecular weight is 458 g/mol. The number of piperidine rings is 1. The summed E-state index contributed by atoms with van der Waals surface area (Å²) < 4.78 is 5.04. The monoisotopic (exact) mass is 457 g/mol. The van der Waals surface area contributed by atoms with E-state index in [-0.39, 0.29) is 55.0 Å². The average Bonchev–Trinajstić information content (AvgIpc) is 3.03. The minimum atomic E-state index is -0.336. The van der Waals surface area contributed by atoms with Crippen LogP contribution in [0.2, 0.25) is 0 Å². The molecule has 0 spiro atoms. The van der Waals surface area contributed by atoms with E-state index >= 15 is 0 Å². The van der Waals surface area contributed by atoms with E-state index in [0.717, 1.165) is 5.56 Å². The number of nitrogens with zero attached hydrogens (tertiary/aromatic N) is 3. The van der Waals surface area contributed by atoms with Crippen molar-refractivity contribution in [2.24, 2.45) is 5.92 Å². The Morgan fingerprint density at radius 1 is 1.09 bits per heavy atom. The Morgan fingerprint density at radius 3 is 2.42 bits per heavy atom. The summed E-state index contributed by atoms with van der Waals surface area (Å²) >= 11 is 0. The molecular formula is C24H31N3O6. The fourth-order valence-corrected chi connectivity index (χ4v) is 4.20. The van der Waals surface area contributed by atoms with Gasteiger partial charge in [-0.05, 0) is 45.2 Å². The van der Waals surface area contributed by atoms with E-state index in [1.54, 1.807) is 37.1 Å². The van der Waals surface area contributed by atoms with Crippen LogP contribution in [0.1, 0.15) is 58.9 Å². The Morgan fingerprint density at radius 2 is 1.76 bits per heavy atom. The number of imide groups is 1. The lowest BCUT2D eigenvalue weighted by atomic mass is 9.97. The van der Waals surface area contributed by atoms with Crippen molar-refractivity contribution < 1.29 is 28.7 Å². The van der Waals surface area contributed by atoms with Crippen molar-refractivity contribution in [2.75, 3.05) is 39.8 Å². The van der Waals surface area contributed by atoms with Crippen LogP contribution in [0.3, 0.4) is 0 Å². The Labute approximate surface area is 193 Å². The van der Waals surface area contributed by atoms with Crippen LogP contribution in [0.25, 0.3) is 0 Å². The molecular weight excluding hydrogens is 426 g/mol. The van der Waals surface area contributed by atoms with Crippen LogP contribution >= 0.6 is 0 Å². The third-order valence-corrected chi connectivity index (χ3v) is 6.16. The molecule has 0 saturated carbocycles. The molecule has 178 valence electrons. The largest absolute Gasteiger partial charge is 0.466 e. The van der Waals surface area contributed by atoms with E-state index in [0.29, 0.717) is 50.1 Å². The Bertz CT molecular complexity index is 952. The van der Waals surface area contributed by atoms with E-state index in [4.69, 9.17) is 4.74 Å². The first-order valence-electron chi connectivity index (χ1n) is 11.4. The summed E-state index contributed by atoms with van der Waals surface area (Å²) in [6.45, 7) is 5.00. The Kier molecular flexibility index (Phi) is 7.84. The van der Waals surface area contributed by atoms with Crippen LogP contribution in [-0.4, -0.2) is 84.1 Å². The van der Waals surface area contributed by atoms with Gasteiger partial charge < -0.3 is 14.5 Å². The van der Waals surface area contributed by atoms with Gasteiger partial charge in [0.1, 0.15) is 0 Å². The van der Waals surface area contributed by atoms with Crippen molar-refractivity contribution in [3.63, 3.8) is 0 Å². The molecule has 3 rings (SSSR count). The third-order valence-electron chi connectivity index (χ3n) is 6.16. The summed E-state index contributed by atoms with van der Waals surface area (Å²) in [6.07, 6.45) is 1.57. The molecule has 9 heteroatoms. The van der Waals surface area contributed by atoms with Crippen LogP contribution in [0.15, 0.2) is 18.2 Å². The van der Waals surface area contributed by atoms with Crippen molar-refractivity contribution in [1.82, 2.24) is 14.7 Å². The van der Waals surface area contributed by atoms with E-state index in [1.165, 1.54) is 9.80 Å². The van der Waals surface area contributed by atoms with Crippen molar-refractivity contribution in [1.29, 1.82) is 0 Å². The van der Waals surface area contributed by atoms with E-state index < -0.39 is 0 Å². The molecule has 9 nitrogen and oxygen atoms in total. The van der Waals surface area contributed by atoms with Crippen molar-refractivity contribution >= 4 is 29.6 Å². The molecule has 0 atom stereocenters. The Balaban J connectivity index is 1.41. The lowest BCUT2D eigenvalue weighted by molar-refractivity contribution is -0.151. The molecule has 4 amide bonds. The molecule has 1 fully saturated rings. The summed E-state index contributed by atoms with van der Waals surface area (Å²) in [5.74, 6) is -1.45. The number of esters is 1. The van der Waals surface area contributed by atoms with Gasteiger partial charge in [0, 0.05) is 33.1 Å². The highest BCUT2D eigenvalue weighted by molar-refractivity contribution is 6.21. The second kappa shape index (κ2) is 10.6. The van der Waals surface area contributed by atoms with Gasteiger partial charge in [0.05, 0.1) is 30.2 Å². The van der Waals surface area contributed by atoms with Gasteiger partial charge in [-0.1, -0.05) is 11.6 Å². The summed E-state index contributed by atoms with van der Waals surface area (Å²) in [7, 11) is 1.57. The van der Waals surface area contributed by atoms with Crippen LogP contribution in [0.5, 0.6) is 0 Å². The van der Waals surface area contributed by atoms with Crippen LogP contribution in [0, 0.1) is 12.8 Å². The molecule has 2 aliphatic rings.